The first-order chi connectivity index (χ1) is 9.76. The van der Waals surface area contributed by atoms with Crippen LogP contribution in [0.1, 0.15) is 31.4 Å². The molecule has 1 aliphatic heterocycles. The first kappa shape index (κ1) is 13.7. The third-order valence-electron chi connectivity index (χ3n) is 4.43. The summed E-state index contributed by atoms with van der Waals surface area (Å²) < 4.78 is 5.45. The van der Waals surface area contributed by atoms with E-state index >= 15 is 0 Å². The van der Waals surface area contributed by atoms with Gasteiger partial charge in [0.1, 0.15) is 0 Å². The SMILES string of the molecule is COc1cnc(C)cc1N1CCC(NCC2CC2)CC1. The lowest BCUT2D eigenvalue weighted by molar-refractivity contribution is 0.394. The van der Waals surface area contributed by atoms with Crippen LogP contribution in [0.2, 0.25) is 0 Å². The van der Waals surface area contributed by atoms with Crippen molar-refractivity contribution in [3.63, 3.8) is 0 Å². The molecule has 1 aliphatic carbocycles. The van der Waals surface area contributed by atoms with Crippen molar-refractivity contribution in [2.75, 3.05) is 31.6 Å². The number of rotatable bonds is 5. The highest BCUT2D eigenvalue weighted by Crippen LogP contribution is 2.31. The van der Waals surface area contributed by atoms with Crippen LogP contribution in [-0.4, -0.2) is 37.8 Å². The van der Waals surface area contributed by atoms with Gasteiger partial charge >= 0.3 is 0 Å². The lowest BCUT2D eigenvalue weighted by Crippen LogP contribution is -2.43. The molecule has 3 rings (SSSR count). The summed E-state index contributed by atoms with van der Waals surface area (Å²) in [5.74, 6) is 1.86. The maximum Gasteiger partial charge on any atom is 0.160 e. The first-order valence-electron chi connectivity index (χ1n) is 7.75. The molecule has 110 valence electrons. The number of hydrogen-bond acceptors (Lipinski definition) is 4. The van der Waals surface area contributed by atoms with Crippen LogP contribution in [0, 0.1) is 12.8 Å². The summed E-state index contributed by atoms with van der Waals surface area (Å²) in [5.41, 5.74) is 2.25. The molecule has 1 aromatic rings. The predicted molar refractivity (Wildman–Crippen MR) is 81.5 cm³/mol. The van der Waals surface area contributed by atoms with Crippen LogP contribution < -0.4 is 15.0 Å². The lowest BCUT2D eigenvalue weighted by atomic mass is 10.0. The summed E-state index contributed by atoms with van der Waals surface area (Å²) in [5, 5.41) is 3.73. The number of pyridine rings is 1. The van der Waals surface area contributed by atoms with E-state index in [9.17, 15) is 0 Å². The molecule has 4 nitrogen and oxygen atoms in total. The van der Waals surface area contributed by atoms with Gasteiger partial charge in [0.2, 0.25) is 0 Å². The van der Waals surface area contributed by atoms with Crippen molar-refractivity contribution < 1.29 is 4.74 Å². The molecule has 0 aromatic carbocycles. The van der Waals surface area contributed by atoms with Crippen LogP contribution in [0.3, 0.4) is 0 Å². The Morgan fingerprint density at radius 3 is 2.70 bits per heavy atom. The van der Waals surface area contributed by atoms with Crippen molar-refractivity contribution in [1.29, 1.82) is 0 Å². The third-order valence-corrected chi connectivity index (χ3v) is 4.43. The summed E-state index contributed by atoms with van der Waals surface area (Å²) >= 11 is 0. The molecule has 0 radical (unpaired) electrons. The molecule has 0 amide bonds. The molecule has 0 spiro atoms. The van der Waals surface area contributed by atoms with Crippen molar-refractivity contribution in [1.82, 2.24) is 10.3 Å². The number of ether oxygens (including phenoxy) is 1. The second-order valence-electron chi connectivity index (χ2n) is 6.11. The fourth-order valence-electron chi connectivity index (χ4n) is 2.92. The van der Waals surface area contributed by atoms with Crippen molar-refractivity contribution in [3.05, 3.63) is 18.0 Å². The number of piperidine rings is 1. The highest BCUT2D eigenvalue weighted by atomic mass is 16.5. The predicted octanol–water partition coefficient (Wildman–Crippen LogP) is 2.37. The second-order valence-corrected chi connectivity index (χ2v) is 6.11. The van der Waals surface area contributed by atoms with Crippen LogP contribution in [-0.2, 0) is 0 Å². The molecule has 2 aliphatic rings. The van der Waals surface area contributed by atoms with E-state index in [1.165, 1.54) is 37.9 Å². The maximum absolute atomic E-state index is 5.45. The summed E-state index contributed by atoms with van der Waals surface area (Å²) in [4.78, 5) is 6.75. The number of nitrogens with one attached hydrogen (secondary N) is 1. The molecular weight excluding hydrogens is 250 g/mol. The summed E-state index contributed by atoms with van der Waals surface area (Å²) in [6.07, 6.45) is 7.13. The van der Waals surface area contributed by atoms with E-state index in [2.05, 4.69) is 21.3 Å². The van der Waals surface area contributed by atoms with Gasteiger partial charge in [-0.3, -0.25) is 4.98 Å². The first-order valence-corrected chi connectivity index (χ1v) is 7.75. The summed E-state index contributed by atoms with van der Waals surface area (Å²) in [6, 6.07) is 2.83. The highest BCUT2D eigenvalue weighted by molar-refractivity contribution is 5.58. The minimum Gasteiger partial charge on any atom is -0.493 e. The Morgan fingerprint density at radius 1 is 1.30 bits per heavy atom. The Kier molecular flexibility index (Phi) is 4.10. The molecule has 2 fully saturated rings. The number of aromatic nitrogens is 1. The molecule has 1 saturated heterocycles. The molecule has 0 unspecified atom stereocenters. The van der Waals surface area contributed by atoms with E-state index in [-0.39, 0.29) is 0 Å². The molecule has 4 heteroatoms. The summed E-state index contributed by atoms with van der Waals surface area (Å²) in [7, 11) is 1.72. The van der Waals surface area contributed by atoms with Crippen LogP contribution in [0.5, 0.6) is 5.75 Å². The van der Waals surface area contributed by atoms with Gasteiger partial charge in [-0.15, -0.1) is 0 Å². The van der Waals surface area contributed by atoms with Gasteiger partial charge in [0, 0.05) is 24.8 Å². The normalized spacial score (nSPS) is 20.2. The van der Waals surface area contributed by atoms with E-state index < -0.39 is 0 Å². The fourth-order valence-corrected chi connectivity index (χ4v) is 2.92. The highest BCUT2D eigenvalue weighted by Gasteiger charge is 2.25. The fraction of sp³-hybridized carbons (Fsp3) is 0.688. The lowest BCUT2D eigenvalue weighted by Gasteiger charge is -2.34. The topological polar surface area (TPSA) is 37.4 Å². The molecule has 0 atom stereocenters. The minimum absolute atomic E-state index is 0.695. The van der Waals surface area contributed by atoms with E-state index in [1.807, 2.05) is 13.1 Å². The number of nitrogens with zero attached hydrogens (tertiary/aromatic N) is 2. The van der Waals surface area contributed by atoms with Gasteiger partial charge in [0.15, 0.2) is 5.75 Å². The zero-order valence-electron chi connectivity index (χ0n) is 12.6. The zero-order valence-corrected chi connectivity index (χ0v) is 12.6. The summed E-state index contributed by atoms with van der Waals surface area (Å²) in [6.45, 7) is 5.46. The van der Waals surface area contributed by atoms with Gasteiger partial charge in [-0.1, -0.05) is 0 Å². The van der Waals surface area contributed by atoms with Crippen molar-refractivity contribution in [2.45, 2.75) is 38.6 Å². The van der Waals surface area contributed by atoms with Gasteiger partial charge in [0.25, 0.3) is 0 Å². The molecule has 0 bridgehead atoms. The average Bonchev–Trinajstić information content (AvgIpc) is 3.30. The number of hydrogen-bond donors (Lipinski definition) is 1. The van der Waals surface area contributed by atoms with Crippen LogP contribution >= 0.6 is 0 Å². The average molecular weight is 275 g/mol. The maximum atomic E-state index is 5.45. The zero-order chi connectivity index (χ0) is 13.9. The molecular formula is C16H25N3O. The van der Waals surface area contributed by atoms with Gasteiger partial charge in [-0.2, -0.15) is 0 Å². The number of methoxy groups -OCH3 is 1. The second kappa shape index (κ2) is 6.00. The van der Waals surface area contributed by atoms with E-state index in [0.717, 1.165) is 30.5 Å². The van der Waals surface area contributed by atoms with Crippen molar-refractivity contribution in [3.8, 4) is 5.75 Å². The standard InChI is InChI=1S/C16H25N3O/c1-12-9-15(16(20-2)11-17-12)19-7-5-14(6-8-19)18-10-13-3-4-13/h9,11,13-14,18H,3-8,10H2,1-2H3. The number of anilines is 1. The van der Waals surface area contributed by atoms with E-state index in [0.29, 0.717) is 6.04 Å². The van der Waals surface area contributed by atoms with E-state index in [4.69, 9.17) is 4.74 Å². The third kappa shape index (κ3) is 3.23. The molecule has 1 N–H and O–H groups in total. The van der Waals surface area contributed by atoms with Gasteiger partial charge in [-0.05, 0) is 51.1 Å². The van der Waals surface area contributed by atoms with E-state index in [1.54, 1.807) is 7.11 Å². The molecule has 20 heavy (non-hydrogen) atoms. The Labute approximate surface area is 121 Å². The van der Waals surface area contributed by atoms with Crippen LogP contribution in [0.25, 0.3) is 0 Å². The van der Waals surface area contributed by atoms with Gasteiger partial charge < -0.3 is 15.0 Å². The Bertz CT molecular complexity index is 451. The molecule has 2 heterocycles. The van der Waals surface area contributed by atoms with Crippen molar-refractivity contribution >= 4 is 5.69 Å². The quantitative estimate of drug-likeness (QED) is 0.895. The van der Waals surface area contributed by atoms with Crippen LogP contribution in [0.4, 0.5) is 5.69 Å². The molecule has 1 saturated carbocycles. The minimum atomic E-state index is 0.695. The Morgan fingerprint density at radius 2 is 2.05 bits per heavy atom. The smallest absolute Gasteiger partial charge is 0.160 e. The van der Waals surface area contributed by atoms with Gasteiger partial charge in [-0.25, -0.2) is 0 Å². The Hall–Kier alpha value is -1.29. The molecule has 1 aromatic heterocycles. The van der Waals surface area contributed by atoms with Gasteiger partial charge in [0.05, 0.1) is 19.0 Å². The van der Waals surface area contributed by atoms with Crippen molar-refractivity contribution in [2.24, 2.45) is 5.92 Å². The largest absolute Gasteiger partial charge is 0.493 e. The Balaban J connectivity index is 1.57. The van der Waals surface area contributed by atoms with Crippen LogP contribution in [0.15, 0.2) is 12.3 Å². The number of aryl methyl sites for hydroxylation is 1. The monoisotopic (exact) mass is 275 g/mol.